The minimum Gasteiger partial charge on any atom is -0.481 e. The molecule has 0 aliphatic heterocycles. The Morgan fingerprint density at radius 1 is 0.833 bits per heavy atom. The molecule has 0 saturated carbocycles. The number of carbonyl (C=O) groups excluding carboxylic acids is 4. The molecule has 0 spiro atoms. The Morgan fingerprint density at radius 2 is 1.36 bits per heavy atom. The number of carbonyl (C=O) groups is 6. The number of amides is 4. The summed E-state index contributed by atoms with van der Waals surface area (Å²) in [6.45, 7) is 3.57. The Labute approximate surface area is 208 Å². The Hall–Kier alpha value is -4.00. The van der Waals surface area contributed by atoms with E-state index in [-0.39, 0.29) is 12.3 Å². The lowest BCUT2D eigenvalue weighted by atomic mass is 9.98. The molecule has 1 aromatic rings. The first-order valence-corrected chi connectivity index (χ1v) is 11.3. The maximum absolute atomic E-state index is 13.0. The van der Waals surface area contributed by atoms with E-state index in [0.717, 1.165) is 0 Å². The summed E-state index contributed by atoms with van der Waals surface area (Å²) in [5, 5.41) is 25.1. The highest BCUT2D eigenvalue weighted by molar-refractivity contribution is 5.96. The summed E-state index contributed by atoms with van der Waals surface area (Å²) < 4.78 is 0. The second-order valence-corrected chi connectivity index (χ2v) is 8.39. The van der Waals surface area contributed by atoms with Crippen molar-refractivity contribution in [2.45, 2.75) is 63.7 Å². The highest BCUT2D eigenvalue weighted by Gasteiger charge is 2.32. The van der Waals surface area contributed by atoms with Gasteiger partial charge in [-0.15, -0.1) is 0 Å². The molecule has 13 heteroatoms. The number of benzene rings is 1. The van der Waals surface area contributed by atoms with Gasteiger partial charge in [0, 0.05) is 6.42 Å². The topological polar surface area (TPSA) is 231 Å². The van der Waals surface area contributed by atoms with Gasteiger partial charge in [-0.2, -0.15) is 0 Å². The van der Waals surface area contributed by atoms with Crippen LogP contribution in [0.1, 0.15) is 38.7 Å². The minimum absolute atomic E-state index is 0.0958. The molecule has 5 atom stereocenters. The van der Waals surface area contributed by atoms with Crippen LogP contribution in [0.3, 0.4) is 0 Å². The van der Waals surface area contributed by atoms with Crippen molar-refractivity contribution < 1.29 is 39.0 Å². The monoisotopic (exact) mass is 507 g/mol. The van der Waals surface area contributed by atoms with E-state index in [4.69, 9.17) is 16.6 Å². The fraction of sp³-hybridized carbons (Fsp3) is 0.478. The smallest absolute Gasteiger partial charge is 0.326 e. The van der Waals surface area contributed by atoms with Crippen molar-refractivity contribution in [2.75, 3.05) is 0 Å². The lowest BCUT2D eigenvalue weighted by Gasteiger charge is -2.25. The minimum atomic E-state index is -1.75. The van der Waals surface area contributed by atoms with Crippen LogP contribution in [-0.2, 0) is 35.2 Å². The summed E-state index contributed by atoms with van der Waals surface area (Å²) in [6.07, 6.45) is -0.981. The SMILES string of the molecule is CCC(C)C(N)C(=O)NC(CC(N)=O)C(=O)NC(Cc1ccccc1)C(=O)NC(CC(=O)O)C(=O)O. The summed E-state index contributed by atoms with van der Waals surface area (Å²) >= 11 is 0. The highest BCUT2D eigenvalue weighted by atomic mass is 16.4. The average molecular weight is 508 g/mol. The first-order chi connectivity index (χ1) is 16.8. The summed E-state index contributed by atoms with van der Waals surface area (Å²) in [5.41, 5.74) is 11.7. The van der Waals surface area contributed by atoms with Crippen molar-refractivity contribution in [3.8, 4) is 0 Å². The van der Waals surface area contributed by atoms with Gasteiger partial charge < -0.3 is 37.6 Å². The zero-order valence-electron chi connectivity index (χ0n) is 20.1. The molecule has 13 nitrogen and oxygen atoms in total. The molecular weight excluding hydrogens is 474 g/mol. The molecule has 0 heterocycles. The van der Waals surface area contributed by atoms with E-state index in [1.807, 2.05) is 6.92 Å². The largest absolute Gasteiger partial charge is 0.481 e. The number of aliphatic carboxylic acids is 2. The molecule has 4 amide bonds. The molecule has 5 unspecified atom stereocenters. The van der Waals surface area contributed by atoms with Crippen LogP contribution in [-0.4, -0.2) is 69.9 Å². The third kappa shape index (κ3) is 10.1. The summed E-state index contributed by atoms with van der Waals surface area (Å²) in [6, 6.07) is 2.87. The second kappa shape index (κ2) is 14.4. The van der Waals surface area contributed by atoms with E-state index in [2.05, 4.69) is 16.0 Å². The van der Waals surface area contributed by atoms with Gasteiger partial charge in [0.2, 0.25) is 23.6 Å². The van der Waals surface area contributed by atoms with Crippen LogP contribution in [0.4, 0.5) is 0 Å². The fourth-order valence-electron chi connectivity index (χ4n) is 3.17. The molecule has 0 radical (unpaired) electrons. The van der Waals surface area contributed by atoms with E-state index in [0.29, 0.717) is 12.0 Å². The predicted octanol–water partition coefficient (Wildman–Crippen LogP) is -1.51. The zero-order valence-corrected chi connectivity index (χ0v) is 20.1. The van der Waals surface area contributed by atoms with Crippen molar-refractivity contribution in [3.05, 3.63) is 35.9 Å². The van der Waals surface area contributed by atoms with Gasteiger partial charge in [0.15, 0.2) is 0 Å². The number of primary amides is 1. The van der Waals surface area contributed by atoms with Crippen molar-refractivity contribution in [2.24, 2.45) is 17.4 Å². The summed E-state index contributed by atoms with van der Waals surface area (Å²) in [5.74, 6) is -6.74. The number of carboxylic acids is 2. The van der Waals surface area contributed by atoms with Gasteiger partial charge in [-0.25, -0.2) is 4.79 Å². The molecular formula is C23H33N5O8. The van der Waals surface area contributed by atoms with Gasteiger partial charge in [0.05, 0.1) is 18.9 Å². The van der Waals surface area contributed by atoms with Crippen LogP contribution < -0.4 is 27.4 Å². The zero-order chi connectivity index (χ0) is 27.4. The quantitative estimate of drug-likeness (QED) is 0.146. The molecule has 0 aromatic heterocycles. The van der Waals surface area contributed by atoms with Crippen molar-refractivity contribution in [1.82, 2.24) is 16.0 Å². The molecule has 0 fully saturated rings. The number of nitrogens with one attached hydrogen (secondary N) is 3. The Morgan fingerprint density at radius 3 is 1.86 bits per heavy atom. The van der Waals surface area contributed by atoms with Crippen LogP contribution in [0.5, 0.6) is 0 Å². The van der Waals surface area contributed by atoms with Crippen LogP contribution in [0.15, 0.2) is 30.3 Å². The average Bonchev–Trinajstić information content (AvgIpc) is 2.81. The van der Waals surface area contributed by atoms with Crippen molar-refractivity contribution in [1.29, 1.82) is 0 Å². The molecule has 0 saturated heterocycles. The van der Waals surface area contributed by atoms with Crippen LogP contribution in [0, 0.1) is 5.92 Å². The van der Waals surface area contributed by atoms with Gasteiger partial charge in [-0.3, -0.25) is 24.0 Å². The molecule has 36 heavy (non-hydrogen) atoms. The predicted molar refractivity (Wildman–Crippen MR) is 127 cm³/mol. The van der Waals surface area contributed by atoms with Gasteiger partial charge in [-0.1, -0.05) is 50.6 Å². The molecule has 1 aromatic carbocycles. The maximum atomic E-state index is 13.0. The Kier molecular flexibility index (Phi) is 12.0. The molecule has 0 aliphatic rings. The standard InChI is InChI=1S/C23H33N5O8/c1-3-12(2)19(25)22(34)27-15(10-17(24)29)21(33)26-14(9-13-7-5-4-6-8-13)20(32)28-16(23(35)36)11-18(30)31/h4-8,12,14-16,19H,3,9-11,25H2,1-2H3,(H2,24,29)(H,26,33)(H,27,34)(H,28,32)(H,30,31)(H,35,36). The van der Waals surface area contributed by atoms with E-state index >= 15 is 0 Å². The van der Waals surface area contributed by atoms with E-state index < -0.39 is 72.6 Å². The number of carboxylic acid groups (broad SMARTS) is 2. The van der Waals surface area contributed by atoms with Crippen LogP contribution in [0.2, 0.25) is 0 Å². The highest BCUT2D eigenvalue weighted by Crippen LogP contribution is 2.08. The first-order valence-electron chi connectivity index (χ1n) is 11.3. The third-order valence-corrected chi connectivity index (χ3v) is 5.51. The molecule has 198 valence electrons. The number of rotatable bonds is 15. The van der Waals surface area contributed by atoms with Gasteiger partial charge in [0.1, 0.15) is 18.1 Å². The number of nitrogens with two attached hydrogens (primary N) is 2. The van der Waals surface area contributed by atoms with Gasteiger partial charge in [0.25, 0.3) is 0 Å². The van der Waals surface area contributed by atoms with Crippen molar-refractivity contribution >= 4 is 35.6 Å². The lowest BCUT2D eigenvalue weighted by molar-refractivity contribution is -0.147. The maximum Gasteiger partial charge on any atom is 0.326 e. The molecule has 9 N–H and O–H groups in total. The summed E-state index contributed by atoms with van der Waals surface area (Å²) in [4.78, 5) is 72.3. The van der Waals surface area contributed by atoms with E-state index in [1.54, 1.807) is 37.3 Å². The molecule has 0 bridgehead atoms. The van der Waals surface area contributed by atoms with Gasteiger partial charge in [-0.05, 0) is 11.5 Å². The Bertz CT molecular complexity index is 955. The van der Waals surface area contributed by atoms with Gasteiger partial charge >= 0.3 is 11.9 Å². The fourth-order valence-corrected chi connectivity index (χ4v) is 3.17. The first kappa shape index (κ1) is 30.0. The van der Waals surface area contributed by atoms with E-state index in [1.165, 1.54) is 0 Å². The molecule has 0 aliphatic carbocycles. The lowest BCUT2D eigenvalue weighted by Crippen LogP contribution is -2.58. The number of hydrogen-bond acceptors (Lipinski definition) is 7. The van der Waals surface area contributed by atoms with Crippen LogP contribution in [0.25, 0.3) is 0 Å². The van der Waals surface area contributed by atoms with E-state index in [9.17, 15) is 33.9 Å². The molecule has 1 rings (SSSR count). The van der Waals surface area contributed by atoms with Crippen molar-refractivity contribution in [3.63, 3.8) is 0 Å². The van der Waals surface area contributed by atoms with Crippen LogP contribution >= 0.6 is 0 Å². The third-order valence-electron chi connectivity index (χ3n) is 5.51. The second-order valence-electron chi connectivity index (χ2n) is 8.39. The normalized spacial score (nSPS) is 14.9. The Balaban J connectivity index is 3.15. The number of hydrogen-bond donors (Lipinski definition) is 7. The summed E-state index contributed by atoms with van der Waals surface area (Å²) in [7, 11) is 0.